The molecule has 0 amide bonds. The Hall–Kier alpha value is -0.0400. The largest absolute Gasteiger partial charge is 0.317 e. The molecule has 0 fully saturated rings. The van der Waals surface area contributed by atoms with Gasteiger partial charge in [-0.3, -0.25) is 0 Å². The number of rotatable bonds is 18. The second-order valence-electron chi connectivity index (χ2n) is 6.70. The molecule has 0 saturated heterocycles. The molecule has 0 atom stereocenters. The molecule has 0 aliphatic carbocycles. The third kappa shape index (κ3) is 20.0. The van der Waals surface area contributed by atoms with Crippen molar-refractivity contribution < 1.29 is 0 Å². The molecule has 0 rings (SSSR count). The third-order valence-electron chi connectivity index (χ3n) is 4.41. The van der Waals surface area contributed by atoms with Crippen molar-refractivity contribution in [3.05, 3.63) is 0 Å². The molecule has 0 aliphatic rings. The SMILES string of the molecule is CCCCCCCCCCCCCCNCCCCCC. The van der Waals surface area contributed by atoms with Gasteiger partial charge in [0.1, 0.15) is 0 Å². The average molecular weight is 298 g/mol. The van der Waals surface area contributed by atoms with E-state index in [2.05, 4.69) is 19.2 Å². The van der Waals surface area contributed by atoms with Crippen LogP contribution in [0.25, 0.3) is 0 Å². The number of unbranched alkanes of at least 4 members (excludes halogenated alkanes) is 14. The van der Waals surface area contributed by atoms with Gasteiger partial charge >= 0.3 is 0 Å². The Morgan fingerprint density at radius 1 is 0.381 bits per heavy atom. The number of nitrogens with one attached hydrogen (secondary N) is 1. The first-order valence-corrected chi connectivity index (χ1v) is 10.1. The van der Waals surface area contributed by atoms with Gasteiger partial charge < -0.3 is 5.32 Å². The molecule has 0 saturated carbocycles. The summed E-state index contributed by atoms with van der Waals surface area (Å²) in [5, 5.41) is 3.58. The molecule has 128 valence electrons. The molecule has 1 heteroatoms. The fourth-order valence-electron chi connectivity index (χ4n) is 2.89. The van der Waals surface area contributed by atoms with Crippen molar-refractivity contribution in [3.63, 3.8) is 0 Å². The van der Waals surface area contributed by atoms with Crippen molar-refractivity contribution in [1.29, 1.82) is 0 Å². The summed E-state index contributed by atoms with van der Waals surface area (Å²) in [6.07, 6.45) is 22.9. The van der Waals surface area contributed by atoms with Crippen molar-refractivity contribution >= 4 is 0 Å². The lowest BCUT2D eigenvalue weighted by molar-refractivity contribution is 0.530. The van der Waals surface area contributed by atoms with Crippen molar-refractivity contribution in [2.45, 2.75) is 117 Å². The minimum absolute atomic E-state index is 1.23. The first-order chi connectivity index (χ1) is 10.4. The molecule has 0 heterocycles. The van der Waals surface area contributed by atoms with Crippen molar-refractivity contribution in [1.82, 2.24) is 5.32 Å². The summed E-state index contributed by atoms with van der Waals surface area (Å²) >= 11 is 0. The van der Waals surface area contributed by atoms with Crippen LogP contribution < -0.4 is 5.32 Å². The van der Waals surface area contributed by atoms with Gasteiger partial charge in [0.05, 0.1) is 0 Å². The van der Waals surface area contributed by atoms with Crippen molar-refractivity contribution in [2.75, 3.05) is 13.1 Å². The molecule has 0 spiro atoms. The second-order valence-corrected chi connectivity index (χ2v) is 6.70. The molecule has 0 aliphatic heterocycles. The normalized spacial score (nSPS) is 11.1. The standard InChI is InChI=1S/C20H43N/c1-3-5-7-9-10-11-12-13-14-15-16-18-20-21-19-17-8-6-4-2/h21H,3-20H2,1-2H3. The van der Waals surface area contributed by atoms with Crippen LogP contribution in [0.4, 0.5) is 0 Å². The van der Waals surface area contributed by atoms with E-state index in [9.17, 15) is 0 Å². The molecule has 1 N–H and O–H groups in total. The third-order valence-corrected chi connectivity index (χ3v) is 4.41. The first kappa shape index (κ1) is 21.0. The second kappa shape index (κ2) is 20.0. The highest BCUT2D eigenvalue weighted by Crippen LogP contribution is 2.11. The van der Waals surface area contributed by atoms with E-state index in [1.165, 1.54) is 116 Å². The van der Waals surface area contributed by atoms with Gasteiger partial charge in [-0.05, 0) is 25.9 Å². The highest BCUT2D eigenvalue weighted by Gasteiger charge is 1.94. The summed E-state index contributed by atoms with van der Waals surface area (Å²) in [5.41, 5.74) is 0. The lowest BCUT2D eigenvalue weighted by atomic mass is 10.1. The number of hydrogen-bond acceptors (Lipinski definition) is 1. The maximum atomic E-state index is 3.58. The van der Waals surface area contributed by atoms with Crippen LogP contribution in [0.1, 0.15) is 117 Å². The minimum atomic E-state index is 1.23. The van der Waals surface area contributed by atoms with Gasteiger partial charge in [-0.1, -0.05) is 104 Å². The highest BCUT2D eigenvalue weighted by molar-refractivity contribution is 4.52. The zero-order chi connectivity index (χ0) is 15.4. The van der Waals surface area contributed by atoms with Crippen LogP contribution in [0.2, 0.25) is 0 Å². The molecule has 0 radical (unpaired) electrons. The summed E-state index contributed by atoms with van der Waals surface area (Å²) in [4.78, 5) is 0. The van der Waals surface area contributed by atoms with Crippen molar-refractivity contribution in [2.24, 2.45) is 0 Å². The molecule has 0 unspecified atom stereocenters. The summed E-state index contributed by atoms with van der Waals surface area (Å²) in [6, 6.07) is 0. The molecule has 21 heavy (non-hydrogen) atoms. The maximum absolute atomic E-state index is 3.58. The van der Waals surface area contributed by atoms with Gasteiger partial charge in [0.2, 0.25) is 0 Å². The fourth-order valence-corrected chi connectivity index (χ4v) is 2.89. The Morgan fingerprint density at radius 2 is 0.667 bits per heavy atom. The van der Waals surface area contributed by atoms with Gasteiger partial charge in [-0.25, -0.2) is 0 Å². The summed E-state index contributed by atoms with van der Waals surface area (Å²) in [7, 11) is 0. The quantitative estimate of drug-likeness (QED) is 0.273. The average Bonchev–Trinajstić information content (AvgIpc) is 2.50. The predicted octanol–water partition coefficient (Wildman–Crippen LogP) is 6.86. The van der Waals surface area contributed by atoms with Gasteiger partial charge in [0.25, 0.3) is 0 Å². The fraction of sp³-hybridized carbons (Fsp3) is 1.00. The van der Waals surface area contributed by atoms with Gasteiger partial charge in [-0.2, -0.15) is 0 Å². The van der Waals surface area contributed by atoms with Crippen LogP contribution in [-0.4, -0.2) is 13.1 Å². The Kier molecular flexibility index (Phi) is 19.9. The Balaban J connectivity index is 2.90. The molecule has 0 aromatic rings. The molecular weight excluding hydrogens is 254 g/mol. The molecule has 0 aromatic heterocycles. The minimum Gasteiger partial charge on any atom is -0.317 e. The van der Waals surface area contributed by atoms with Crippen LogP contribution in [0.5, 0.6) is 0 Å². The topological polar surface area (TPSA) is 12.0 Å². The Bertz CT molecular complexity index is 149. The first-order valence-electron chi connectivity index (χ1n) is 10.1. The van der Waals surface area contributed by atoms with E-state index in [0.717, 1.165) is 0 Å². The lowest BCUT2D eigenvalue weighted by Crippen LogP contribution is -2.16. The monoisotopic (exact) mass is 297 g/mol. The molecule has 0 aromatic carbocycles. The molecular formula is C20H43N. The Labute approximate surface area is 135 Å². The van der Waals surface area contributed by atoms with Crippen LogP contribution in [0.3, 0.4) is 0 Å². The van der Waals surface area contributed by atoms with Crippen LogP contribution in [0, 0.1) is 0 Å². The van der Waals surface area contributed by atoms with Gasteiger partial charge in [0.15, 0.2) is 0 Å². The van der Waals surface area contributed by atoms with E-state index in [1.54, 1.807) is 0 Å². The van der Waals surface area contributed by atoms with E-state index in [4.69, 9.17) is 0 Å². The zero-order valence-corrected chi connectivity index (χ0v) is 15.2. The molecule has 0 bridgehead atoms. The van der Waals surface area contributed by atoms with E-state index in [-0.39, 0.29) is 0 Å². The Morgan fingerprint density at radius 3 is 1.05 bits per heavy atom. The van der Waals surface area contributed by atoms with Gasteiger partial charge in [-0.15, -0.1) is 0 Å². The van der Waals surface area contributed by atoms with Crippen LogP contribution in [-0.2, 0) is 0 Å². The van der Waals surface area contributed by atoms with Gasteiger partial charge in [0, 0.05) is 0 Å². The smallest absolute Gasteiger partial charge is 0.00489 e. The summed E-state index contributed by atoms with van der Waals surface area (Å²) < 4.78 is 0. The summed E-state index contributed by atoms with van der Waals surface area (Å²) in [6.45, 7) is 7.05. The van der Waals surface area contributed by atoms with E-state index in [0.29, 0.717) is 0 Å². The predicted molar refractivity (Wildman–Crippen MR) is 98.1 cm³/mol. The van der Waals surface area contributed by atoms with Crippen LogP contribution >= 0.6 is 0 Å². The van der Waals surface area contributed by atoms with Crippen LogP contribution in [0.15, 0.2) is 0 Å². The maximum Gasteiger partial charge on any atom is -0.00489 e. The van der Waals surface area contributed by atoms with E-state index >= 15 is 0 Å². The molecule has 1 nitrogen and oxygen atoms in total. The zero-order valence-electron chi connectivity index (χ0n) is 15.2. The number of hydrogen-bond donors (Lipinski definition) is 1. The van der Waals surface area contributed by atoms with Crippen molar-refractivity contribution in [3.8, 4) is 0 Å². The summed E-state index contributed by atoms with van der Waals surface area (Å²) in [5.74, 6) is 0. The van der Waals surface area contributed by atoms with E-state index < -0.39 is 0 Å². The highest BCUT2D eigenvalue weighted by atomic mass is 14.8. The lowest BCUT2D eigenvalue weighted by Gasteiger charge is -2.05. The van der Waals surface area contributed by atoms with E-state index in [1.807, 2.05) is 0 Å².